The molecule has 1 aromatic carbocycles. The number of carbonyl (C=O) groups is 1. The van der Waals surface area contributed by atoms with Crippen molar-refractivity contribution >= 4 is 44.2 Å². The van der Waals surface area contributed by atoms with Gasteiger partial charge in [0.2, 0.25) is 5.91 Å². The van der Waals surface area contributed by atoms with Gasteiger partial charge in [0.1, 0.15) is 0 Å². The van der Waals surface area contributed by atoms with Crippen molar-refractivity contribution in [1.29, 1.82) is 0 Å². The zero-order valence-corrected chi connectivity index (χ0v) is 13.2. The summed E-state index contributed by atoms with van der Waals surface area (Å²) in [5, 5.41) is 4.72. The monoisotopic (exact) mass is 311 g/mol. The van der Waals surface area contributed by atoms with E-state index in [-0.39, 0.29) is 5.91 Å². The minimum Gasteiger partial charge on any atom is -0.361 e. The topological polar surface area (TPSA) is 45.2 Å². The summed E-state index contributed by atoms with van der Waals surface area (Å²) >= 11 is 7.51. The summed E-state index contributed by atoms with van der Waals surface area (Å²) in [6, 6.07) is 5.66. The van der Waals surface area contributed by atoms with Crippen LogP contribution in [0.5, 0.6) is 0 Å². The van der Waals surface area contributed by atoms with Gasteiger partial charge in [-0.3, -0.25) is 4.79 Å². The number of rotatable bonds is 6. The third kappa shape index (κ3) is 3.61. The third-order valence-electron chi connectivity index (χ3n) is 3.08. The Morgan fingerprint density at radius 2 is 2.15 bits per heavy atom. The first-order valence-corrected chi connectivity index (χ1v) is 7.91. The first-order chi connectivity index (χ1) is 9.63. The van der Waals surface area contributed by atoms with E-state index in [2.05, 4.69) is 10.3 Å². The van der Waals surface area contributed by atoms with E-state index in [4.69, 9.17) is 11.6 Å². The first kappa shape index (κ1) is 15.1. The molecule has 1 heterocycles. The molecular weight excluding hydrogens is 294 g/mol. The lowest BCUT2D eigenvalue weighted by molar-refractivity contribution is -0.130. The SMILES string of the molecule is CCN(CC)C(=O)CCNc1nc2cc(Cl)ccc2s1. The molecule has 0 unspecified atom stereocenters. The van der Waals surface area contributed by atoms with Gasteiger partial charge in [-0.05, 0) is 32.0 Å². The van der Waals surface area contributed by atoms with E-state index < -0.39 is 0 Å². The molecular formula is C14H18ClN3OS. The quantitative estimate of drug-likeness (QED) is 0.886. The maximum atomic E-state index is 11.9. The molecule has 108 valence electrons. The number of nitrogens with zero attached hydrogens (tertiary/aromatic N) is 2. The molecule has 6 heteroatoms. The molecule has 2 rings (SSSR count). The Kier molecular flexibility index (Phi) is 5.20. The van der Waals surface area contributed by atoms with Crippen LogP contribution < -0.4 is 5.32 Å². The van der Waals surface area contributed by atoms with Crippen LogP contribution in [0.3, 0.4) is 0 Å². The van der Waals surface area contributed by atoms with Crippen molar-refractivity contribution in [3.63, 3.8) is 0 Å². The van der Waals surface area contributed by atoms with Gasteiger partial charge >= 0.3 is 0 Å². The number of carbonyl (C=O) groups excluding carboxylic acids is 1. The van der Waals surface area contributed by atoms with Crippen LogP contribution in [0, 0.1) is 0 Å². The van der Waals surface area contributed by atoms with Crippen LogP contribution in [0.15, 0.2) is 18.2 Å². The Morgan fingerprint density at radius 1 is 1.40 bits per heavy atom. The molecule has 4 nitrogen and oxygen atoms in total. The van der Waals surface area contributed by atoms with Crippen molar-refractivity contribution in [3.8, 4) is 0 Å². The molecule has 1 amide bonds. The number of benzene rings is 1. The summed E-state index contributed by atoms with van der Waals surface area (Å²) in [6.45, 7) is 6.10. The van der Waals surface area contributed by atoms with Crippen molar-refractivity contribution in [1.82, 2.24) is 9.88 Å². The number of hydrogen-bond acceptors (Lipinski definition) is 4. The molecule has 0 aliphatic rings. The molecule has 20 heavy (non-hydrogen) atoms. The Bertz CT molecular complexity index is 595. The van der Waals surface area contributed by atoms with Gasteiger partial charge in [0.25, 0.3) is 0 Å². The molecule has 0 aliphatic carbocycles. The highest BCUT2D eigenvalue weighted by Crippen LogP contribution is 2.27. The van der Waals surface area contributed by atoms with Crippen molar-refractivity contribution < 1.29 is 4.79 Å². The maximum absolute atomic E-state index is 11.9. The lowest BCUT2D eigenvalue weighted by atomic mass is 10.3. The van der Waals surface area contributed by atoms with Crippen LogP contribution in [0.1, 0.15) is 20.3 Å². The highest BCUT2D eigenvalue weighted by molar-refractivity contribution is 7.22. The molecule has 0 fully saturated rings. The van der Waals surface area contributed by atoms with E-state index in [0.717, 1.165) is 28.4 Å². The number of fused-ring (bicyclic) bond motifs is 1. The second kappa shape index (κ2) is 6.90. The molecule has 0 saturated heterocycles. The zero-order valence-electron chi connectivity index (χ0n) is 11.6. The minimum absolute atomic E-state index is 0.173. The lowest BCUT2D eigenvalue weighted by Crippen LogP contribution is -2.31. The molecule has 0 saturated carbocycles. The predicted octanol–water partition coefficient (Wildman–Crippen LogP) is 3.62. The Labute approximate surface area is 127 Å². The molecule has 1 N–H and O–H groups in total. The van der Waals surface area contributed by atoms with Gasteiger partial charge in [0.15, 0.2) is 5.13 Å². The van der Waals surface area contributed by atoms with E-state index in [1.807, 2.05) is 36.9 Å². The van der Waals surface area contributed by atoms with Gasteiger partial charge < -0.3 is 10.2 Å². The average Bonchev–Trinajstić information content (AvgIpc) is 2.82. The number of amides is 1. The molecule has 0 aliphatic heterocycles. The predicted molar refractivity (Wildman–Crippen MR) is 85.7 cm³/mol. The van der Waals surface area contributed by atoms with Gasteiger partial charge in [-0.1, -0.05) is 22.9 Å². The lowest BCUT2D eigenvalue weighted by Gasteiger charge is -2.18. The van der Waals surface area contributed by atoms with Crippen LogP contribution >= 0.6 is 22.9 Å². The van der Waals surface area contributed by atoms with E-state index in [1.165, 1.54) is 0 Å². The number of halogens is 1. The van der Waals surface area contributed by atoms with Crippen molar-refractivity contribution in [2.75, 3.05) is 25.0 Å². The second-order valence-corrected chi connectivity index (χ2v) is 5.84. The summed E-state index contributed by atoms with van der Waals surface area (Å²) in [5.74, 6) is 0.173. The fourth-order valence-corrected chi connectivity index (χ4v) is 3.03. The number of anilines is 1. The third-order valence-corrected chi connectivity index (χ3v) is 4.31. The Morgan fingerprint density at radius 3 is 2.85 bits per heavy atom. The number of thiazole rings is 1. The van der Waals surface area contributed by atoms with E-state index in [9.17, 15) is 4.79 Å². The van der Waals surface area contributed by atoms with Gasteiger partial charge in [-0.25, -0.2) is 4.98 Å². The molecule has 2 aromatic rings. The van der Waals surface area contributed by atoms with Crippen molar-refractivity contribution in [2.45, 2.75) is 20.3 Å². The van der Waals surface area contributed by atoms with Crippen molar-refractivity contribution in [2.24, 2.45) is 0 Å². The normalized spacial score (nSPS) is 10.8. The Balaban J connectivity index is 1.91. The van der Waals surface area contributed by atoms with Crippen LogP contribution in [-0.4, -0.2) is 35.4 Å². The highest BCUT2D eigenvalue weighted by atomic mass is 35.5. The molecule has 1 aromatic heterocycles. The van der Waals surface area contributed by atoms with Crippen LogP contribution in [0.2, 0.25) is 5.02 Å². The molecule has 0 atom stereocenters. The molecule has 0 spiro atoms. The van der Waals surface area contributed by atoms with E-state index in [0.29, 0.717) is 18.0 Å². The first-order valence-electron chi connectivity index (χ1n) is 6.71. The Hall–Kier alpha value is -1.33. The van der Waals surface area contributed by atoms with Gasteiger partial charge in [-0.15, -0.1) is 0 Å². The highest BCUT2D eigenvalue weighted by Gasteiger charge is 2.09. The fourth-order valence-electron chi connectivity index (χ4n) is 1.99. The van der Waals surface area contributed by atoms with Crippen LogP contribution in [-0.2, 0) is 4.79 Å². The van der Waals surface area contributed by atoms with Gasteiger partial charge in [0.05, 0.1) is 10.2 Å². The van der Waals surface area contributed by atoms with Gasteiger partial charge in [-0.2, -0.15) is 0 Å². The largest absolute Gasteiger partial charge is 0.361 e. The minimum atomic E-state index is 0.173. The summed E-state index contributed by atoms with van der Waals surface area (Å²) in [6.07, 6.45) is 0.484. The number of hydrogen-bond donors (Lipinski definition) is 1. The van der Waals surface area contributed by atoms with Crippen LogP contribution in [0.25, 0.3) is 10.2 Å². The van der Waals surface area contributed by atoms with E-state index >= 15 is 0 Å². The summed E-state index contributed by atoms with van der Waals surface area (Å²) in [7, 11) is 0. The fraction of sp³-hybridized carbons (Fsp3) is 0.429. The smallest absolute Gasteiger partial charge is 0.224 e. The summed E-state index contributed by atoms with van der Waals surface area (Å²) in [4.78, 5) is 18.2. The summed E-state index contributed by atoms with van der Waals surface area (Å²) in [5.41, 5.74) is 0.889. The standard InChI is InChI=1S/C14H18ClN3OS/c1-3-18(4-2)13(19)7-8-16-14-17-11-9-10(15)5-6-12(11)20-14/h5-6,9H,3-4,7-8H2,1-2H3,(H,16,17). The summed E-state index contributed by atoms with van der Waals surface area (Å²) < 4.78 is 1.09. The zero-order chi connectivity index (χ0) is 14.5. The number of nitrogens with one attached hydrogen (secondary N) is 1. The molecule has 0 radical (unpaired) electrons. The average molecular weight is 312 g/mol. The van der Waals surface area contributed by atoms with Gasteiger partial charge in [0, 0.05) is 31.1 Å². The van der Waals surface area contributed by atoms with Crippen molar-refractivity contribution in [3.05, 3.63) is 23.2 Å². The van der Waals surface area contributed by atoms with Crippen LogP contribution in [0.4, 0.5) is 5.13 Å². The van der Waals surface area contributed by atoms with E-state index in [1.54, 1.807) is 11.3 Å². The molecule has 0 bridgehead atoms. The number of aromatic nitrogens is 1. The maximum Gasteiger partial charge on any atom is 0.224 e. The second-order valence-electron chi connectivity index (χ2n) is 4.37.